The summed E-state index contributed by atoms with van der Waals surface area (Å²) in [6.07, 6.45) is 2.48. The predicted molar refractivity (Wildman–Crippen MR) is 62.2 cm³/mol. The number of rotatable bonds is 6. The van der Waals surface area contributed by atoms with E-state index in [-0.39, 0.29) is 6.10 Å². The molecule has 0 spiro atoms. The maximum Gasteiger partial charge on any atom is 0.119 e. The van der Waals surface area contributed by atoms with Crippen molar-refractivity contribution in [2.75, 3.05) is 6.61 Å². The van der Waals surface area contributed by atoms with Crippen LogP contribution in [0.3, 0.4) is 0 Å². The first-order chi connectivity index (χ1) is 7.26. The van der Waals surface area contributed by atoms with Gasteiger partial charge in [-0.25, -0.2) is 0 Å². The number of hydrogen-bond acceptors (Lipinski definition) is 2. The van der Waals surface area contributed by atoms with Gasteiger partial charge in [0.2, 0.25) is 0 Å². The molecule has 0 aliphatic carbocycles. The Morgan fingerprint density at radius 2 is 1.87 bits per heavy atom. The van der Waals surface area contributed by atoms with Gasteiger partial charge in [-0.2, -0.15) is 0 Å². The van der Waals surface area contributed by atoms with Gasteiger partial charge in [0.25, 0.3) is 0 Å². The minimum absolute atomic E-state index is 0.346. The third-order valence-electron chi connectivity index (χ3n) is 2.40. The summed E-state index contributed by atoms with van der Waals surface area (Å²) in [4.78, 5) is 0. The maximum absolute atomic E-state index is 9.49. The fourth-order valence-electron chi connectivity index (χ4n) is 1.43. The Bertz CT molecular complexity index is 266. The molecule has 1 aromatic carbocycles. The second kappa shape index (κ2) is 6.46. The van der Waals surface area contributed by atoms with Crippen molar-refractivity contribution in [1.29, 1.82) is 0 Å². The predicted octanol–water partition coefficient (Wildman–Crippen LogP) is 2.79. The number of hydrogen-bond donors (Lipinski definition) is 1. The van der Waals surface area contributed by atoms with Gasteiger partial charge in [-0.1, -0.05) is 32.4 Å². The normalized spacial score (nSPS) is 12.5. The van der Waals surface area contributed by atoms with E-state index in [4.69, 9.17) is 4.74 Å². The lowest BCUT2D eigenvalue weighted by atomic mass is 10.2. The Balaban J connectivity index is 2.37. The smallest absolute Gasteiger partial charge is 0.119 e. The Hall–Kier alpha value is -1.02. The summed E-state index contributed by atoms with van der Waals surface area (Å²) in [5, 5.41) is 9.49. The highest BCUT2D eigenvalue weighted by atomic mass is 16.5. The molecule has 0 saturated heterocycles. The lowest BCUT2D eigenvalue weighted by molar-refractivity contribution is 0.0993. The van der Waals surface area contributed by atoms with Gasteiger partial charge in [0.05, 0.1) is 6.10 Å². The quantitative estimate of drug-likeness (QED) is 0.779. The lowest BCUT2D eigenvalue weighted by Crippen LogP contribution is -2.16. The van der Waals surface area contributed by atoms with Crippen LogP contribution in [0.15, 0.2) is 24.3 Å². The zero-order chi connectivity index (χ0) is 11.1. The van der Waals surface area contributed by atoms with E-state index in [1.807, 2.05) is 12.1 Å². The van der Waals surface area contributed by atoms with E-state index in [9.17, 15) is 5.11 Å². The summed E-state index contributed by atoms with van der Waals surface area (Å²) in [7, 11) is 0. The minimum Gasteiger partial charge on any atom is -0.491 e. The standard InChI is InChI=1S/C13H20O2/c1-3-5-12(14)10-15-13-8-6-11(4-2)7-9-13/h6-9,12,14H,3-5,10H2,1-2H3. The van der Waals surface area contributed by atoms with Gasteiger partial charge < -0.3 is 9.84 Å². The zero-order valence-electron chi connectivity index (χ0n) is 9.57. The van der Waals surface area contributed by atoms with Crippen molar-refractivity contribution in [2.24, 2.45) is 0 Å². The Morgan fingerprint density at radius 1 is 1.20 bits per heavy atom. The molecule has 0 amide bonds. The first-order valence-electron chi connectivity index (χ1n) is 5.66. The summed E-state index contributed by atoms with van der Waals surface area (Å²) in [5.74, 6) is 0.836. The Morgan fingerprint density at radius 3 is 2.40 bits per heavy atom. The Kier molecular flexibility index (Phi) is 5.19. The van der Waals surface area contributed by atoms with Crippen molar-refractivity contribution in [1.82, 2.24) is 0 Å². The van der Waals surface area contributed by atoms with E-state index in [2.05, 4.69) is 26.0 Å². The lowest BCUT2D eigenvalue weighted by Gasteiger charge is -2.11. The molecule has 1 aromatic rings. The van der Waals surface area contributed by atoms with Crippen LogP contribution < -0.4 is 4.74 Å². The van der Waals surface area contributed by atoms with Crippen LogP contribution in [0, 0.1) is 0 Å². The van der Waals surface area contributed by atoms with Gasteiger partial charge in [0, 0.05) is 0 Å². The molecule has 0 bridgehead atoms. The summed E-state index contributed by atoms with van der Waals surface area (Å²) < 4.78 is 5.47. The van der Waals surface area contributed by atoms with Gasteiger partial charge in [-0.3, -0.25) is 0 Å². The minimum atomic E-state index is -0.346. The average molecular weight is 208 g/mol. The van der Waals surface area contributed by atoms with Crippen LogP contribution in [0.1, 0.15) is 32.3 Å². The molecule has 1 rings (SSSR count). The first kappa shape index (κ1) is 12.1. The molecule has 84 valence electrons. The third-order valence-corrected chi connectivity index (χ3v) is 2.40. The van der Waals surface area contributed by atoms with E-state index >= 15 is 0 Å². The van der Waals surface area contributed by atoms with Crippen molar-refractivity contribution >= 4 is 0 Å². The average Bonchev–Trinajstić information content (AvgIpc) is 2.27. The molecule has 0 saturated carbocycles. The van der Waals surface area contributed by atoms with Crippen LogP contribution in [0.5, 0.6) is 5.75 Å². The second-order valence-corrected chi connectivity index (χ2v) is 3.75. The van der Waals surface area contributed by atoms with Crippen molar-refractivity contribution in [3.05, 3.63) is 29.8 Å². The SMILES string of the molecule is CCCC(O)COc1ccc(CC)cc1. The molecule has 15 heavy (non-hydrogen) atoms. The van der Waals surface area contributed by atoms with Gasteiger partial charge in [0.15, 0.2) is 0 Å². The monoisotopic (exact) mass is 208 g/mol. The van der Waals surface area contributed by atoms with Crippen LogP contribution in [0.2, 0.25) is 0 Å². The van der Waals surface area contributed by atoms with Crippen molar-refractivity contribution < 1.29 is 9.84 Å². The van der Waals surface area contributed by atoms with Crippen LogP contribution >= 0.6 is 0 Å². The van der Waals surface area contributed by atoms with Crippen LogP contribution in [0.25, 0.3) is 0 Å². The topological polar surface area (TPSA) is 29.5 Å². The molecule has 0 aliphatic heterocycles. The molecule has 0 radical (unpaired) electrons. The molecule has 1 N–H and O–H groups in total. The highest BCUT2D eigenvalue weighted by molar-refractivity contribution is 5.27. The molecule has 1 unspecified atom stereocenters. The number of aryl methyl sites for hydroxylation is 1. The zero-order valence-corrected chi connectivity index (χ0v) is 9.57. The highest BCUT2D eigenvalue weighted by Gasteiger charge is 2.03. The highest BCUT2D eigenvalue weighted by Crippen LogP contribution is 2.13. The number of ether oxygens (including phenoxy) is 1. The molecule has 0 fully saturated rings. The molecule has 2 nitrogen and oxygen atoms in total. The molecular weight excluding hydrogens is 188 g/mol. The Labute approximate surface area is 91.9 Å². The molecule has 2 heteroatoms. The fourth-order valence-corrected chi connectivity index (χ4v) is 1.43. The number of aliphatic hydroxyl groups is 1. The van der Waals surface area contributed by atoms with Crippen molar-refractivity contribution in [3.63, 3.8) is 0 Å². The summed E-state index contributed by atoms with van der Waals surface area (Å²) >= 11 is 0. The third kappa shape index (κ3) is 4.34. The van der Waals surface area contributed by atoms with E-state index in [0.717, 1.165) is 25.0 Å². The largest absolute Gasteiger partial charge is 0.491 e. The number of aliphatic hydroxyl groups excluding tert-OH is 1. The fraction of sp³-hybridized carbons (Fsp3) is 0.538. The van der Waals surface area contributed by atoms with Crippen molar-refractivity contribution in [2.45, 2.75) is 39.2 Å². The molecular formula is C13H20O2. The van der Waals surface area contributed by atoms with Gasteiger partial charge in [-0.05, 0) is 30.5 Å². The van der Waals surface area contributed by atoms with Crippen LogP contribution in [-0.2, 0) is 6.42 Å². The van der Waals surface area contributed by atoms with Crippen LogP contribution in [-0.4, -0.2) is 17.8 Å². The van der Waals surface area contributed by atoms with E-state index < -0.39 is 0 Å². The summed E-state index contributed by atoms with van der Waals surface area (Å²) in [5.41, 5.74) is 1.30. The molecule has 0 aromatic heterocycles. The molecule has 1 atom stereocenters. The van der Waals surface area contributed by atoms with Crippen LogP contribution in [0.4, 0.5) is 0 Å². The van der Waals surface area contributed by atoms with Crippen molar-refractivity contribution in [3.8, 4) is 5.75 Å². The van der Waals surface area contributed by atoms with Gasteiger partial charge in [-0.15, -0.1) is 0 Å². The van der Waals surface area contributed by atoms with E-state index in [1.165, 1.54) is 5.56 Å². The number of benzene rings is 1. The first-order valence-corrected chi connectivity index (χ1v) is 5.66. The molecule has 0 heterocycles. The van der Waals surface area contributed by atoms with E-state index in [0.29, 0.717) is 6.61 Å². The van der Waals surface area contributed by atoms with Gasteiger partial charge >= 0.3 is 0 Å². The van der Waals surface area contributed by atoms with E-state index in [1.54, 1.807) is 0 Å². The second-order valence-electron chi connectivity index (χ2n) is 3.75. The van der Waals surface area contributed by atoms with Gasteiger partial charge in [0.1, 0.15) is 12.4 Å². The summed E-state index contributed by atoms with van der Waals surface area (Å²) in [6.45, 7) is 4.57. The summed E-state index contributed by atoms with van der Waals surface area (Å²) in [6, 6.07) is 8.03. The maximum atomic E-state index is 9.49. The molecule has 0 aliphatic rings.